The molecule has 6 heteroatoms. The van der Waals surface area contributed by atoms with Crippen LogP contribution in [0.25, 0.3) is 0 Å². The monoisotopic (exact) mass is 216 g/mol. The average molecular weight is 216 g/mol. The highest BCUT2D eigenvalue weighted by atomic mass is 19.3. The molecule has 0 atom stereocenters. The number of carbonyl (C=O) groups is 1. The van der Waals surface area contributed by atoms with Crippen molar-refractivity contribution in [2.45, 2.75) is 13.0 Å². The van der Waals surface area contributed by atoms with Crippen LogP contribution in [0.15, 0.2) is 6.07 Å². The van der Waals surface area contributed by atoms with Gasteiger partial charge in [0.15, 0.2) is 6.29 Å². The summed E-state index contributed by atoms with van der Waals surface area (Å²) in [6.07, 6.45) is -2.54. The number of pyridine rings is 1. The molecule has 1 aromatic rings. The highest BCUT2D eigenvalue weighted by molar-refractivity contribution is 5.76. The number of carbonyl (C=O) groups excluding carboxylic acids is 1. The van der Waals surface area contributed by atoms with Crippen molar-refractivity contribution in [3.8, 4) is 5.75 Å². The van der Waals surface area contributed by atoms with E-state index in [1.165, 1.54) is 13.2 Å². The van der Waals surface area contributed by atoms with Crippen LogP contribution in [-0.2, 0) is 6.54 Å². The van der Waals surface area contributed by atoms with Gasteiger partial charge in [-0.15, -0.1) is 0 Å². The van der Waals surface area contributed by atoms with Crippen molar-refractivity contribution in [1.82, 2.24) is 4.98 Å². The molecular formula is C9H10F2N2O2. The number of hydrogen-bond donors (Lipinski definition) is 1. The first-order valence-electron chi connectivity index (χ1n) is 4.15. The molecule has 0 aliphatic rings. The van der Waals surface area contributed by atoms with Crippen LogP contribution < -0.4 is 10.5 Å². The molecule has 1 heterocycles. The van der Waals surface area contributed by atoms with E-state index < -0.39 is 12.0 Å². The van der Waals surface area contributed by atoms with Gasteiger partial charge in [0.25, 0.3) is 6.43 Å². The number of rotatable bonds is 4. The van der Waals surface area contributed by atoms with E-state index in [-0.39, 0.29) is 24.3 Å². The second kappa shape index (κ2) is 4.79. The zero-order chi connectivity index (χ0) is 11.4. The molecular weight excluding hydrogens is 206 g/mol. The van der Waals surface area contributed by atoms with Crippen molar-refractivity contribution >= 4 is 6.29 Å². The van der Waals surface area contributed by atoms with Crippen molar-refractivity contribution in [3.63, 3.8) is 0 Å². The average Bonchev–Trinajstić information content (AvgIpc) is 2.26. The highest BCUT2D eigenvalue weighted by Crippen LogP contribution is 2.31. The molecule has 1 aromatic heterocycles. The molecule has 1 rings (SSSR count). The molecule has 0 aromatic carbocycles. The summed E-state index contributed by atoms with van der Waals surface area (Å²) < 4.78 is 29.9. The summed E-state index contributed by atoms with van der Waals surface area (Å²) in [5.74, 6) is -0.0671. The Labute approximate surface area is 85.1 Å². The predicted octanol–water partition coefficient (Wildman–Crippen LogP) is 1.30. The summed E-state index contributed by atoms with van der Waals surface area (Å²) in [7, 11) is 1.25. The third-order valence-electron chi connectivity index (χ3n) is 1.86. The second-order valence-electron chi connectivity index (χ2n) is 2.74. The van der Waals surface area contributed by atoms with Gasteiger partial charge in [-0.3, -0.25) is 4.79 Å². The Morgan fingerprint density at radius 3 is 2.73 bits per heavy atom. The Bertz CT molecular complexity index is 369. The maximum Gasteiger partial charge on any atom is 0.269 e. The van der Waals surface area contributed by atoms with Gasteiger partial charge >= 0.3 is 0 Å². The summed E-state index contributed by atoms with van der Waals surface area (Å²) >= 11 is 0. The maximum absolute atomic E-state index is 12.6. The lowest BCUT2D eigenvalue weighted by Crippen LogP contribution is -2.07. The topological polar surface area (TPSA) is 65.2 Å². The molecule has 0 saturated carbocycles. The lowest BCUT2D eigenvalue weighted by atomic mass is 10.1. The molecule has 4 nitrogen and oxygen atoms in total. The molecule has 0 bridgehead atoms. The minimum Gasteiger partial charge on any atom is -0.496 e. The van der Waals surface area contributed by atoms with Gasteiger partial charge in [-0.05, 0) is 0 Å². The maximum atomic E-state index is 12.6. The molecule has 0 radical (unpaired) electrons. The van der Waals surface area contributed by atoms with Gasteiger partial charge in [-0.25, -0.2) is 13.8 Å². The number of nitrogens with zero attached hydrogens (tertiary/aromatic N) is 1. The largest absolute Gasteiger partial charge is 0.496 e. The zero-order valence-corrected chi connectivity index (χ0v) is 8.04. The minimum atomic E-state index is -2.81. The van der Waals surface area contributed by atoms with Crippen LogP contribution in [0, 0.1) is 0 Å². The minimum absolute atomic E-state index is 0.0563. The van der Waals surface area contributed by atoms with Crippen LogP contribution in [0.5, 0.6) is 5.75 Å². The third-order valence-corrected chi connectivity index (χ3v) is 1.86. The lowest BCUT2D eigenvalue weighted by Gasteiger charge is -2.10. The van der Waals surface area contributed by atoms with Crippen LogP contribution in [-0.4, -0.2) is 18.4 Å². The van der Waals surface area contributed by atoms with Gasteiger partial charge in [0, 0.05) is 12.6 Å². The molecule has 0 saturated heterocycles. The number of aromatic nitrogens is 1. The summed E-state index contributed by atoms with van der Waals surface area (Å²) in [5.41, 5.74) is 4.81. The molecule has 15 heavy (non-hydrogen) atoms. The Morgan fingerprint density at radius 1 is 1.67 bits per heavy atom. The number of alkyl halides is 2. The highest BCUT2D eigenvalue weighted by Gasteiger charge is 2.20. The smallest absolute Gasteiger partial charge is 0.269 e. The molecule has 82 valence electrons. The Morgan fingerprint density at radius 2 is 2.33 bits per heavy atom. The van der Waals surface area contributed by atoms with Crippen LogP contribution in [0.1, 0.15) is 28.2 Å². The Balaban J connectivity index is 3.39. The molecule has 0 aliphatic heterocycles. The fourth-order valence-electron chi connectivity index (χ4n) is 1.19. The van der Waals surface area contributed by atoms with Crippen molar-refractivity contribution in [1.29, 1.82) is 0 Å². The Hall–Kier alpha value is -1.56. The fourth-order valence-corrected chi connectivity index (χ4v) is 1.19. The van der Waals surface area contributed by atoms with Gasteiger partial charge < -0.3 is 10.5 Å². The summed E-state index contributed by atoms with van der Waals surface area (Å²) in [4.78, 5) is 14.3. The molecule has 0 fully saturated rings. The Kier molecular flexibility index (Phi) is 3.68. The molecule has 0 spiro atoms. The van der Waals surface area contributed by atoms with E-state index in [2.05, 4.69) is 4.98 Å². The standard InChI is InChI=1S/C9H10F2N2O2/c1-15-7-2-5(3-12)13-6(4-14)8(7)9(10)11/h2,4,9H,3,12H2,1H3. The van der Waals surface area contributed by atoms with E-state index in [4.69, 9.17) is 10.5 Å². The predicted molar refractivity (Wildman–Crippen MR) is 49.0 cm³/mol. The van der Waals surface area contributed by atoms with Gasteiger partial charge in [0.1, 0.15) is 11.4 Å². The van der Waals surface area contributed by atoms with E-state index in [0.29, 0.717) is 5.69 Å². The van der Waals surface area contributed by atoms with Crippen molar-refractivity contribution in [3.05, 3.63) is 23.0 Å². The van der Waals surface area contributed by atoms with E-state index in [1.54, 1.807) is 0 Å². The zero-order valence-electron chi connectivity index (χ0n) is 8.04. The number of nitrogens with two attached hydrogens (primary N) is 1. The van der Waals surface area contributed by atoms with Gasteiger partial charge in [-0.1, -0.05) is 0 Å². The molecule has 0 amide bonds. The van der Waals surface area contributed by atoms with E-state index in [0.717, 1.165) is 0 Å². The van der Waals surface area contributed by atoms with E-state index in [9.17, 15) is 13.6 Å². The van der Waals surface area contributed by atoms with Crippen LogP contribution in [0.3, 0.4) is 0 Å². The first-order chi connectivity index (χ1) is 7.13. The third kappa shape index (κ3) is 2.27. The van der Waals surface area contributed by atoms with Crippen LogP contribution in [0.4, 0.5) is 8.78 Å². The number of hydrogen-bond acceptors (Lipinski definition) is 4. The quantitative estimate of drug-likeness (QED) is 0.770. The normalized spacial score (nSPS) is 10.5. The summed E-state index contributed by atoms with van der Waals surface area (Å²) in [6, 6.07) is 1.30. The van der Waals surface area contributed by atoms with Crippen molar-refractivity contribution in [2.24, 2.45) is 5.73 Å². The number of aldehydes is 1. The fraction of sp³-hybridized carbons (Fsp3) is 0.333. The van der Waals surface area contributed by atoms with E-state index in [1.807, 2.05) is 0 Å². The number of methoxy groups -OCH3 is 1. The molecule has 0 unspecified atom stereocenters. The SMILES string of the molecule is COc1cc(CN)nc(C=O)c1C(F)F. The molecule has 0 aliphatic carbocycles. The second-order valence-corrected chi connectivity index (χ2v) is 2.74. The first-order valence-corrected chi connectivity index (χ1v) is 4.15. The molecule has 2 N–H and O–H groups in total. The van der Waals surface area contributed by atoms with Crippen LogP contribution in [0.2, 0.25) is 0 Å². The van der Waals surface area contributed by atoms with Crippen molar-refractivity contribution in [2.75, 3.05) is 7.11 Å². The van der Waals surface area contributed by atoms with Gasteiger partial charge in [-0.2, -0.15) is 0 Å². The van der Waals surface area contributed by atoms with Gasteiger partial charge in [0.05, 0.1) is 18.4 Å². The van der Waals surface area contributed by atoms with Crippen LogP contribution >= 0.6 is 0 Å². The van der Waals surface area contributed by atoms with Crippen molar-refractivity contribution < 1.29 is 18.3 Å². The summed E-state index contributed by atoms with van der Waals surface area (Å²) in [5, 5.41) is 0. The lowest BCUT2D eigenvalue weighted by molar-refractivity contribution is 0.109. The number of ether oxygens (including phenoxy) is 1. The number of halogens is 2. The first kappa shape index (κ1) is 11.5. The van der Waals surface area contributed by atoms with E-state index >= 15 is 0 Å². The van der Waals surface area contributed by atoms with Gasteiger partial charge in [0.2, 0.25) is 0 Å². The summed E-state index contributed by atoms with van der Waals surface area (Å²) in [6.45, 7) is 0.0563.